The lowest BCUT2D eigenvalue weighted by atomic mass is 10.0. The summed E-state index contributed by atoms with van der Waals surface area (Å²) in [6, 6.07) is 6.16. The molecule has 2 nitrogen and oxygen atoms in total. The van der Waals surface area contributed by atoms with Crippen LogP contribution in [0.3, 0.4) is 0 Å². The van der Waals surface area contributed by atoms with Crippen molar-refractivity contribution in [3.8, 4) is 5.75 Å². The molecular weight excluding hydrogens is 188 g/mol. The molecule has 0 saturated carbocycles. The van der Waals surface area contributed by atoms with E-state index in [1.54, 1.807) is 7.11 Å². The number of methoxy groups -OCH3 is 1. The molecule has 0 aliphatic carbocycles. The highest BCUT2D eigenvalue weighted by Gasteiger charge is 2.06. The zero-order valence-electron chi connectivity index (χ0n) is 9.79. The van der Waals surface area contributed by atoms with Crippen LogP contribution in [0.25, 0.3) is 0 Å². The van der Waals surface area contributed by atoms with Gasteiger partial charge in [0.2, 0.25) is 0 Å². The third-order valence-electron chi connectivity index (χ3n) is 2.65. The molecule has 0 saturated heterocycles. The van der Waals surface area contributed by atoms with Gasteiger partial charge in [-0.15, -0.1) is 0 Å². The standard InChI is InChI=1S/C13H20O2/c1-4-12(14)7-6-11-9-10(2)5-8-13(11)15-3/h5,8-9,12,14H,4,6-7H2,1-3H3. The Morgan fingerprint density at radius 3 is 2.73 bits per heavy atom. The molecule has 15 heavy (non-hydrogen) atoms. The molecule has 1 atom stereocenters. The third-order valence-corrected chi connectivity index (χ3v) is 2.65. The topological polar surface area (TPSA) is 29.5 Å². The van der Waals surface area contributed by atoms with Crippen LogP contribution in [0.15, 0.2) is 18.2 Å². The molecule has 0 bridgehead atoms. The normalized spacial score (nSPS) is 12.5. The summed E-state index contributed by atoms with van der Waals surface area (Å²) in [5, 5.41) is 9.51. The number of aliphatic hydroxyl groups is 1. The second kappa shape index (κ2) is 5.76. The molecule has 0 spiro atoms. The van der Waals surface area contributed by atoms with Crippen molar-refractivity contribution in [2.75, 3.05) is 7.11 Å². The number of ether oxygens (including phenoxy) is 1. The SMILES string of the molecule is CCC(O)CCc1cc(C)ccc1OC. The second-order valence-corrected chi connectivity index (χ2v) is 3.92. The Kier molecular flexibility index (Phi) is 4.63. The van der Waals surface area contributed by atoms with Crippen LogP contribution in [0.1, 0.15) is 30.9 Å². The maximum Gasteiger partial charge on any atom is 0.122 e. The van der Waals surface area contributed by atoms with E-state index < -0.39 is 0 Å². The lowest BCUT2D eigenvalue weighted by Gasteiger charge is -2.11. The Bertz CT molecular complexity index is 307. The van der Waals surface area contributed by atoms with Crippen LogP contribution in [0.2, 0.25) is 0 Å². The minimum Gasteiger partial charge on any atom is -0.496 e. The summed E-state index contributed by atoms with van der Waals surface area (Å²) in [5.74, 6) is 0.920. The maximum atomic E-state index is 9.51. The average Bonchev–Trinajstić information content (AvgIpc) is 2.26. The molecule has 0 aromatic heterocycles. The molecule has 0 heterocycles. The van der Waals surface area contributed by atoms with Crippen molar-refractivity contribution in [1.82, 2.24) is 0 Å². The average molecular weight is 208 g/mol. The minimum absolute atomic E-state index is 0.199. The lowest BCUT2D eigenvalue weighted by molar-refractivity contribution is 0.160. The van der Waals surface area contributed by atoms with Crippen molar-refractivity contribution >= 4 is 0 Å². The monoisotopic (exact) mass is 208 g/mol. The molecule has 1 rings (SSSR count). The van der Waals surface area contributed by atoms with Gasteiger partial charge in [0.25, 0.3) is 0 Å². The number of hydrogen-bond acceptors (Lipinski definition) is 2. The van der Waals surface area contributed by atoms with Crippen molar-refractivity contribution in [2.45, 2.75) is 39.2 Å². The van der Waals surface area contributed by atoms with Gasteiger partial charge in [0.1, 0.15) is 5.75 Å². The lowest BCUT2D eigenvalue weighted by Crippen LogP contribution is -2.06. The van der Waals surface area contributed by atoms with Crippen molar-refractivity contribution in [3.05, 3.63) is 29.3 Å². The molecule has 1 aromatic carbocycles. The molecule has 1 unspecified atom stereocenters. The van der Waals surface area contributed by atoms with Gasteiger partial charge >= 0.3 is 0 Å². The van der Waals surface area contributed by atoms with E-state index in [1.165, 1.54) is 11.1 Å². The molecule has 0 aliphatic heterocycles. The van der Waals surface area contributed by atoms with E-state index in [-0.39, 0.29) is 6.10 Å². The summed E-state index contributed by atoms with van der Waals surface area (Å²) in [6.45, 7) is 4.07. The first-order valence-electron chi connectivity index (χ1n) is 5.49. The molecule has 0 amide bonds. The van der Waals surface area contributed by atoms with Crippen molar-refractivity contribution in [1.29, 1.82) is 0 Å². The Hall–Kier alpha value is -1.02. The second-order valence-electron chi connectivity index (χ2n) is 3.92. The summed E-state index contributed by atoms with van der Waals surface area (Å²) < 4.78 is 5.28. The number of hydrogen-bond donors (Lipinski definition) is 1. The Labute approximate surface area is 91.9 Å². The van der Waals surface area contributed by atoms with Gasteiger partial charge in [0, 0.05) is 0 Å². The minimum atomic E-state index is -0.199. The van der Waals surface area contributed by atoms with Crippen LogP contribution >= 0.6 is 0 Å². The highest BCUT2D eigenvalue weighted by molar-refractivity contribution is 5.36. The van der Waals surface area contributed by atoms with E-state index >= 15 is 0 Å². The number of aliphatic hydroxyl groups excluding tert-OH is 1. The highest BCUT2D eigenvalue weighted by Crippen LogP contribution is 2.21. The summed E-state index contributed by atoms with van der Waals surface area (Å²) >= 11 is 0. The van der Waals surface area contributed by atoms with Gasteiger partial charge < -0.3 is 9.84 Å². The van der Waals surface area contributed by atoms with Crippen molar-refractivity contribution in [2.24, 2.45) is 0 Å². The number of aryl methyl sites for hydroxylation is 2. The molecule has 84 valence electrons. The molecular formula is C13H20O2. The van der Waals surface area contributed by atoms with E-state index in [4.69, 9.17) is 4.74 Å². The maximum absolute atomic E-state index is 9.51. The van der Waals surface area contributed by atoms with Crippen LogP contribution < -0.4 is 4.74 Å². The van der Waals surface area contributed by atoms with Gasteiger partial charge in [-0.3, -0.25) is 0 Å². The van der Waals surface area contributed by atoms with Crippen LogP contribution in [-0.2, 0) is 6.42 Å². The Balaban J connectivity index is 2.69. The fourth-order valence-electron chi connectivity index (χ4n) is 1.63. The molecule has 0 fully saturated rings. The number of rotatable bonds is 5. The predicted molar refractivity (Wildman–Crippen MR) is 62.3 cm³/mol. The third kappa shape index (κ3) is 3.56. The first-order chi connectivity index (χ1) is 7.17. The molecule has 1 aromatic rings. The van der Waals surface area contributed by atoms with E-state index in [2.05, 4.69) is 13.0 Å². The Morgan fingerprint density at radius 1 is 1.40 bits per heavy atom. The van der Waals surface area contributed by atoms with Crippen molar-refractivity contribution < 1.29 is 9.84 Å². The van der Waals surface area contributed by atoms with E-state index in [9.17, 15) is 5.11 Å². The van der Waals surface area contributed by atoms with Gasteiger partial charge in [0.05, 0.1) is 13.2 Å². The van der Waals surface area contributed by atoms with Gasteiger partial charge in [-0.2, -0.15) is 0 Å². The summed E-state index contributed by atoms with van der Waals surface area (Å²) in [4.78, 5) is 0. The van der Waals surface area contributed by atoms with Gasteiger partial charge in [0.15, 0.2) is 0 Å². The fourth-order valence-corrected chi connectivity index (χ4v) is 1.63. The fraction of sp³-hybridized carbons (Fsp3) is 0.538. The van der Waals surface area contributed by atoms with E-state index in [1.807, 2.05) is 19.1 Å². The van der Waals surface area contributed by atoms with Crippen molar-refractivity contribution in [3.63, 3.8) is 0 Å². The molecule has 1 N–H and O–H groups in total. The van der Waals surface area contributed by atoms with E-state index in [0.29, 0.717) is 0 Å². The first-order valence-corrected chi connectivity index (χ1v) is 5.49. The predicted octanol–water partition coefficient (Wildman–Crippen LogP) is 2.71. The molecule has 0 aliphatic rings. The van der Waals surface area contributed by atoms with Crippen LogP contribution in [0.5, 0.6) is 5.75 Å². The summed E-state index contributed by atoms with van der Waals surface area (Å²) in [6.07, 6.45) is 2.29. The smallest absolute Gasteiger partial charge is 0.122 e. The zero-order chi connectivity index (χ0) is 11.3. The molecule has 2 heteroatoms. The van der Waals surface area contributed by atoms with Crippen LogP contribution in [0, 0.1) is 6.92 Å². The highest BCUT2D eigenvalue weighted by atomic mass is 16.5. The summed E-state index contributed by atoms with van der Waals surface area (Å²) in [5.41, 5.74) is 2.42. The van der Waals surface area contributed by atoms with Gasteiger partial charge in [-0.05, 0) is 37.8 Å². The van der Waals surface area contributed by atoms with Crippen LogP contribution in [0.4, 0.5) is 0 Å². The number of benzene rings is 1. The Morgan fingerprint density at radius 2 is 2.13 bits per heavy atom. The quantitative estimate of drug-likeness (QED) is 0.806. The zero-order valence-corrected chi connectivity index (χ0v) is 9.79. The van der Waals surface area contributed by atoms with Gasteiger partial charge in [-0.1, -0.05) is 24.6 Å². The van der Waals surface area contributed by atoms with E-state index in [0.717, 1.165) is 25.0 Å². The molecule has 0 radical (unpaired) electrons. The van der Waals surface area contributed by atoms with Crippen LogP contribution in [-0.4, -0.2) is 18.3 Å². The first kappa shape index (κ1) is 12.1. The van der Waals surface area contributed by atoms with Gasteiger partial charge in [-0.25, -0.2) is 0 Å². The largest absolute Gasteiger partial charge is 0.496 e. The summed E-state index contributed by atoms with van der Waals surface area (Å²) in [7, 11) is 1.68.